The number of phenolic OH excluding ortho intramolecular Hbond substituents is 1. The minimum Gasteiger partial charge on any atom is -0.508 e. The van der Waals surface area contributed by atoms with Gasteiger partial charge in [-0.25, -0.2) is 0 Å². The van der Waals surface area contributed by atoms with Crippen molar-refractivity contribution in [1.82, 2.24) is 0 Å². The van der Waals surface area contributed by atoms with Crippen molar-refractivity contribution in [1.29, 1.82) is 0 Å². The Balaban J connectivity index is 1.99. The zero-order valence-electron chi connectivity index (χ0n) is 17.3. The van der Waals surface area contributed by atoms with E-state index in [2.05, 4.69) is 6.92 Å². The smallest absolute Gasteiger partial charge is 0.310 e. The minimum atomic E-state index is -0.796. The second-order valence-corrected chi connectivity index (χ2v) is 7.87. The molecule has 0 fully saturated rings. The molecule has 0 aliphatic carbocycles. The lowest BCUT2D eigenvalue weighted by atomic mass is 9.93. The Morgan fingerprint density at radius 1 is 0.815 bits per heavy atom. The van der Waals surface area contributed by atoms with Crippen LogP contribution in [-0.4, -0.2) is 16.2 Å². The van der Waals surface area contributed by atoms with Crippen LogP contribution in [0.2, 0.25) is 0 Å². The first-order chi connectivity index (χ1) is 13.1. The summed E-state index contributed by atoms with van der Waals surface area (Å²) in [6.07, 6.45) is 18.9. The number of rotatable bonds is 17. The summed E-state index contributed by atoms with van der Waals surface area (Å²) in [6, 6.07) is 6.66. The van der Waals surface area contributed by atoms with Gasteiger partial charge in [0.25, 0.3) is 0 Å². The van der Waals surface area contributed by atoms with Crippen LogP contribution in [0.1, 0.15) is 115 Å². The lowest BCUT2D eigenvalue weighted by molar-refractivity contribution is -0.139. The third-order valence-electron chi connectivity index (χ3n) is 5.42. The molecule has 0 aromatic heterocycles. The first-order valence-corrected chi connectivity index (χ1v) is 11.2. The molecule has 1 aromatic carbocycles. The zero-order valence-corrected chi connectivity index (χ0v) is 17.3. The topological polar surface area (TPSA) is 57.5 Å². The number of benzene rings is 1. The van der Waals surface area contributed by atoms with Crippen molar-refractivity contribution < 1.29 is 15.0 Å². The molecule has 0 aliphatic rings. The van der Waals surface area contributed by atoms with E-state index < -0.39 is 11.9 Å². The van der Waals surface area contributed by atoms with Gasteiger partial charge in [0.2, 0.25) is 0 Å². The molecule has 1 atom stereocenters. The zero-order chi connectivity index (χ0) is 19.7. The Kier molecular flexibility index (Phi) is 13.5. The van der Waals surface area contributed by atoms with Gasteiger partial charge in [-0.05, 0) is 24.1 Å². The molecule has 27 heavy (non-hydrogen) atoms. The Hall–Kier alpha value is -1.51. The highest BCUT2D eigenvalue weighted by Crippen LogP contribution is 2.26. The van der Waals surface area contributed by atoms with Gasteiger partial charge in [-0.15, -0.1) is 0 Å². The fourth-order valence-corrected chi connectivity index (χ4v) is 3.72. The molecular weight excluding hydrogens is 336 g/mol. The summed E-state index contributed by atoms with van der Waals surface area (Å²) in [4.78, 5) is 11.5. The molecule has 0 aliphatic heterocycles. The fourth-order valence-electron chi connectivity index (χ4n) is 3.72. The standard InChI is InChI=1S/C24H40O3/c1-2-3-4-5-6-7-8-9-10-11-12-13-14-15-19-23(24(26)27)21-17-16-18-22(25)20-21/h16-18,20,23,25H,2-15,19H2,1H3,(H,26,27). The molecule has 0 heterocycles. The maximum Gasteiger partial charge on any atom is 0.310 e. The quantitative estimate of drug-likeness (QED) is 0.278. The first-order valence-electron chi connectivity index (χ1n) is 11.2. The summed E-state index contributed by atoms with van der Waals surface area (Å²) in [5.41, 5.74) is 0.706. The maximum absolute atomic E-state index is 11.5. The highest BCUT2D eigenvalue weighted by atomic mass is 16.4. The average molecular weight is 377 g/mol. The highest BCUT2D eigenvalue weighted by molar-refractivity contribution is 5.76. The number of hydrogen-bond acceptors (Lipinski definition) is 2. The van der Waals surface area contributed by atoms with Gasteiger partial charge in [-0.3, -0.25) is 4.79 Å². The fraction of sp³-hybridized carbons (Fsp3) is 0.708. The van der Waals surface area contributed by atoms with E-state index in [1.807, 2.05) is 0 Å². The van der Waals surface area contributed by atoms with E-state index >= 15 is 0 Å². The number of aromatic hydroxyl groups is 1. The number of aliphatic carboxylic acids is 1. The first kappa shape index (κ1) is 23.5. The van der Waals surface area contributed by atoms with Crippen LogP contribution in [0.4, 0.5) is 0 Å². The molecule has 154 valence electrons. The van der Waals surface area contributed by atoms with Gasteiger partial charge < -0.3 is 10.2 Å². The Morgan fingerprint density at radius 3 is 1.74 bits per heavy atom. The van der Waals surface area contributed by atoms with Crippen LogP contribution in [0, 0.1) is 0 Å². The minimum absolute atomic E-state index is 0.139. The monoisotopic (exact) mass is 376 g/mol. The van der Waals surface area contributed by atoms with Gasteiger partial charge in [0.1, 0.15) is 5.75 Å². The number of carboxylic acids is 1. The van der Waals surface area contributed by atoms with Crippen LogP contribution >= 0.6 is 0 Å². The van der Waals surface area contributed by atoms with Gasteiger partial charge in [0, 0.05) is 0 Å². The molecule has 2 N–H and O–H groups in total. The van der Waals surface area contributed by atoms with Crippen molar-refractivity contribution in [2.24, 2.45) is 0 Å². The highest BCUT2D eigenvalue weighted by Gasteiger charge is 2.19. The van der Waals surface area contributed by atoms with E-state index in [9.17, 15) is 15.0 Å². The second-order valence-electron chi connectivity index (χ2n) is 7.87. The molecule has 3 nitrogen and oxygen atoms in total. The maximum atomic E-state index is 11.5. The second kappa shape index (κ2) is 15.5. The molecule has 3 heteroatoms. The van der Waals surface area contributed by atoms with Gasteiger partial charge in [0.05, 0.1) is 5.92 Å². The molecule has 1 rings (SSSR count). The molecule has 0 saturated carbocycles. The lowest BCUT2D eigenvalue weighted by Crippen LogP contribution is -2.11. The van der Waals surface area contributed by atoms with Crippen LogP contribution in [0.3, 0.4) is 0 Å². The van der Waals surface area contributed by atoms with Crippen molar-refractivity contribution in [2.75, 3.05) is 0 Å². The van der Waals surface area contributed by atoms with E-state index in [0.29, 0.717) is 12.0 Å². The van der Waals surface area contributed by atoms with E-state index in [1.165, 1.54) is 77.0 Å². The summed E-state index contributed by atoms with van der Waals surface area (Å²) in [5, 5.41) is 19.0. The predicted molar refractivity (Wildman–Crippen MR) is 113 cm³/mol. The summed E-state index contributed by atoms with van der Waals surface area (Å²) in [6.45, 7) is 2.26. The molecule has 0 amide bonds. The van der Waals surface area contributed by atoms with Crippen molar-refractivity contribution in [3.05, 3.63) is 29.8 Å². The molecule has 0 bridgehead atoms. The number of unbranched alkanes of at least 4 members (excludes halogenated alkanes) is 13. The number of carbonyl (C=O) groups is 1. The van der Waals surface area contributed by atoms with Crippen LogP contribution in [0.15, 0.2) is 24.3 Å². The van der Waals surface area contributed by atoms with Crippen molar-refractivity contribution in [2.45, 2.75) is 109 Å². The summed E-state index contributed by atoms with van der Waals surface area (Å²) >= 11 is 0. The summed E-state index contributed by atoms with van der Waals surface area (Å²) in [7, 11) is 0. The molecule has 1 aromatic rings. The van der Waals surface area contributed by atoms with Crippen molar-refractivity contribution in [3.8, 4) is 5.75 Å². The van der Waals surface area contributed by atoms with Crippen LogP contribution in [-0.2, 0) is 4.79 Å². The van der Waals surface area contributed by atoms with Gasteiger partial charge >= 0.3 is 5.97 Å². The van der Waals surface area contributed by atoms with Crippen molar-refractivity contribution >= 4 is 5.97 Å². The molecule has 1 unspecified atom stereocenters. The summed E-state index contributed by atoms with van der Waals surface area (Å²) in [5.74, 6) is -1.16. The van der Waals surface area contributed by atoms with E-state index in [1.54, 1.807) is 24.3 Å². The third kappa shape index (κ3) is 11.7. The molecule has 0 saturated heterocycles. The molecule has 0 spiro atoms. The third-order valence-corrected chi connectivity index (χ3v) is 5.42. The SMILES string of the molecule is CCCCCCCCCCCCCCCCC(C(=O)O)c1cccc(O)c1. The average Bonchev–Trinajstić information content (AvgIpc) is 2.64. The van der Waals surface area contributed by atoms with Gasteiger partial charge in [-0.2, -0.15) is 0 Å². The van der Waals surface area contributed by atoms with Gasteiger partial charge in [-0.1, -0.05) is 109 Å². The van der Waals surface area contributed by atoms with Gasteiger partial charge in [0.15, 0.2) is 0 Å². The van der Waals surface area contributed by atoms with E-state index in [-0.39, 0.29) is 5.75 Å². The van der Waals surface area contributed by atoms with Crippen LogP contribution in [0.5, 0.6) is 5.75 Å². The Bertz CT molecular complexity index is 498. The number of hydrogen-bond donors (Lipinski definition) is 2. The normalized spacial score (nSPS) is 12.2. The van der Waals surface area contributed by atoms with E-state index in [4.69, 9.17) is 0 Å². The molecule has 0 radical (unpaired) electrons. The van der Waals surface area contributed by atoms with E-state index in [0.717, 1.165) is 12.8 Å². The Morgan fingerprint density at radius 2 is 1.30 bits per heavy atom. The molecular formula is C24H40O3. The lowest BCUT2D eigenvalue weighted by Gasteiger charge is -2.13. The van der Waals surface area contributed by atoms with Crippen molar-refractivity contribution in [3.63, 3.8) is 0 Å². The van der Waals surface area contributed by atoms with Crippen LogP contribution < -0.4 is 0 Å². The predicted octanol–water partition coefficient (Wildman–Crippen LogP) is 7.43. The largest absolute Gasteiger partial charge is 0.508 e. The number of carboxylic acid groups (broad SMARTS) is 1. The number of phenols is 1. The van der Waals surface area contributed by atoms with Crippen LogP contribution in [0.25, 0.3) is 0 Å². The summed E-state index contributed by atoms with van der Waals surface area (Å²) < 4.78 is 0. The Labute approximate surface area is 166 Å².